The van der Waals surface area contributed by atoms with Crippen LogP contribution < -0.4 is 21.7 Å². The fourth-order valence-corrected chi connectivity index (χ4v) is 3.75. The molecule has 2 aromatic rings. The van der Waals surface area contributed by atoms with Gasteiger partial charge in [0, 0.05) is 6.42 Å². The van der Waals surface area contributed by atoms with Crippen molar-refractivity contribution in [2.24, 2.45) is 11.7 Å². The molecule has 0 spiro atoms. The molecule has 39 heavy (non-hydrogen) atoms. The van der Waals surface area contributed by atoms with Gasteiger partial charge >= 0.3 is 5.97 Å². The number of aromatic hydroxyl groups is 2. The Bertz CT molecular complexity index is 1140. The normalized spacial score (nSPS) is 14.9. The number of hydrogen-bond donors (Lipinski definition) is 8. The maximum absolute atomic E-state index is 13.0. The first-order valence-electron chi connectivity index (χ1n) is 12.4. The molecule has 0 saturated carbocycles. The summed E-state index contributed by atoms with van der Waals surface area (Å²) < 4.78 is 0. The van der Waals surface area contributed by atoms with E-state index in [2.05, 4.69) is 16.0 Å². The molecular formula is C27H36N4O8. The van der Waals surface area contributed by atoms with Crippen LogP contribution in [0.25, 0.3) is 0 Å². The van der Waals surface area contributed by atoms with Gasteiger partial charge < -0.3 is 42.1 Å². The van der Waals surface area contributed by atoms with E-state index in [1.807, 2.05) is 0 Å². The predicted molar refractivity (Wildman–Crippen MR) is 142 cm³/mol. The lowest BCUT2D eigenvalue weighted by Gasteiger charge is -2.28. The quantitative estimate of drug-likeness (QED) is 0.167. The van der Waals surface area contributed by atoms with E-state index in [0.717, 1.165) is 0 Å². The van der Waals surface area contributed by atoms with Crippen molar-refractivity contribution < 1.29 is 39.6 Å². The topological polar surface area (TPSA) is 211 Å². The van der Waals surface area contributed by atoms with Crippen LogP contribution in [0.1, 0.15) is 31.9 Å². The number of benzene rings is 2. The Kier molecular flexibility index (Phi) is 11.2. The van der Waals surface area contributed by atoms with Gasteiger partial charge in [0.2, 0.25) is 17.7 Å². The SMILES string of the molecule is CC(C)C(NC(=O)C(NC(=O)C(N)Cc1ccc(O)cc1)C(C)O)C(=O)NC(Cc1ccc(O)cc1)C(=O)O. The van der Waals surface area contributed by atoms with Crippen LogP contribution in [0.15, 0.2) is 48.5 Å². The van der Waals surface area contributed by atoms with Crippen LogP contribution in [0.5, 0.6) is 11.5 Å². The van der Waals surface area contributed by atoms with Crippen LogP contribution in [0, 0.1) is 5.92 Å². The van der Waals surface area contributed by atoms with Crippen LogP contribution in [0.2, 0.25) is 0 Å². The van der Waals surface area contributed by atoms with Crippen LogP contribution >= 0.6 is 0 Å². The number of nitrogens with one attached hydrogen (secondary N) is 3. The number of carboxylic acid groups (broad SMARTS) is 1. The van der Waals surface area contributed by atoms with Crippen LogP contribution in [0.4, 0.5) is 0 Å². The van der Waals surface area contributed by atoms with Gasteiger partial charge in [0.25, 0.3) is 0 Å². The molecule has 12 nitrogen and oxygen atoms in total. The highest BCUT2D eigenvalue weighted by Crippen LogP contribution is 2.13. The fourth-order valence-electron chi connectivity index (χ4n) is 3.75. The van der Waals surface area contributed by atoms with Gasteiger partial charge in [0.1, 0.15) is 29.6 Å². The molecule has 12 heteroatoms. The summed E-state index contributed by atoms with van der Waals surface area (Å²) in [7, 11) is 0. The van der Waals surface area contributed by atoms with Crippen LogP contribution in [-0.2, 0) is 32.0 Å². The third kappa shape index (κ3) is 9.58. The number of rotatable bonds is 13. The second-order valence-electron chi connectivity index (χ2n) is 9.70. The van der Waals surface area contributed by atoms with Crippen molar-refractivity contribution in [3.8, 4) is 11.5 Å². The molecule has 9 N–H and O–H groups in total. The van der Waals surface area contributed by atoms with Crippen LogP contribution in [-0.4, -0.2) is 74.4 Å². The van der Waals surface area contributed by atoms with E-state index in [1.165, 1.54) is 43.3 Å². The lowest BCUT2D eigenvalue weighted by Crippen LogP contribution is -2.61. The Morgan fingerprint density at radius 1 is 0.718 bits per heavy atom. The second kappa shape index (κ2) is 14.1. The summed E-state index contributed by atoms with van der Waals surface area (Å²) in [4.78, 5) is 50.5. The molecular weight excluding hydrogens is 508 g/mol. The summed E-state index contributed by atoms with van der Waals surface area (Å²) in [6, 6.07) is 6.94. The van der Waals surface area contributed by atoms with Gasteiger partial charge in [-0.05, 0) is 54.7 Å². The lowest BCUT2D eigenvalue weighted by atomic mass is 10.00. The third-order valence-electron chi connectivity index (χ3n) is 6.03. The number of nitrogens with two attached hydrogens (primary N) is 1. The van der Waals surface area contributed by atoms with Crippen molar-refractivity contribution in [3.05, 3.63) is 59.7 Å². The zero-order valence-corrected chi connectivity index (χ0v) is 22.0. The number of carbonyl (C=O) groups is 4. The van der Waals surface area contributed by atoms with E-state index in [1.54, 1.807) is 26.0 Å². The summed E-state index contributed by atoms with van der Waals surface area (Å²) in [5.41, 5.74) is 7.20. The van der Waals surface area contributed by atoms with Gasteiger partial charge in [-0.15, -0.1) is 0 Å². The minimum absolute atomic E-state index is 0.0123. The molecule has 2 rings (SSSR count). The molecule has 0 aromatic heterocycles. The molecule has 0 aliphatic heterocycles. The highest BCUT2D eigenvalue weighted by Gasteiger charge is 2.33. The molecule has 0 aliphatic carbocycles. The Morgan fingerprint density at radius 3 is 1.59 bits per heavy atom. The molecule has 0 saturated heterocycles. The Balaban J connectivity index is 2.07. The van der Waals surface area contributed by atoms with Crippen molar-refractivity contribution in [1.82, 2.24) is 16.0 Å². The first-order valence-corrected chi connectivity index (χ1v) is 12.4. The van der Waals surface area contributed by atoms with Crippen molar-refractivity contribution in [2.75, 3.05) is 0 Å². The summed E-state index contributed by atoms with van der Waals surface area (Å²) in [6.45, 7) is 4.58. The summed E-state index contributed by atoms with van der Waals surface area (Å²) in [6.07, 6.45) is -1.30. The zero-order chi connectivity index (χ0) is 29.3. The fraction of sp³-hybridized carbons (Fsp3) is 0.407. The van der Waals surface area contributed by atoms with E-state index < -0.39 is 59.9 Å². The maximum atomic E-state index is 13.0. The highest BCUT2D eigenvalue weighted by molar-refractivity contribution is 5.94. The summed E-state index contributed by atoms with van der Waals surface area (Å²) >= 11 is 0. The number of hydrogen-bond acceptors (Lipinski definition) is 8. The van der Waals surface area contributed by atoms with Gasteiger partial charge in [0.05, 0.1) is 12.1 Å². The summed E-state index contributed by atoms with van der Waals surface area (Å²) in [5, 5.41) is 45.9. The van der Waals surface area contributed by atoms with E-state index in [-0.39, 0.29) is 24.3 Å². The van der Waals surface area contributed by atoms with E-state index >= 15 is 0 Å². The predicted octanol–water partition coefficient (Wildman–Crippen LogP) is -0.214. The Morgan fingerprint density at radius 2 is 1.15 bits per heavy atom. The van der Waals surface area contributed by atoms with Crippen molar-refractivity contribution in [2.45, 2.75) is 63.9 Å². The number of aliphatic hydroxyl groups is 1. The average Bonchev–Trinajstić information content (AvgIpc) is 2.87. The third-order valence-corrected chi connectivity index (χ3v) is 6.03. The van der Waals surface area contributed by atoms with Crippen molar-refractivity contribution in [3.63, 3.8) is 0 Å². The van der Waals surface area contributed by atoms with Gasteiger partial charge in [0.15, 0.2) is 0 Å². The largest absolute Gasteiger partial charge is 0.508 e. The molecule has 5 atom stereocenters. The average molecular weight is 545 g/mol. The molecule has 3 amide bonds. The van der Waals surface area contributed by atoms with Gasteiger partial charge in [-0.25, -0.2) is 4.79 Å². The minimum atomic E-state index is -1.44. The van der Waals surface area contributed by atoms with Crippen molar-refractivity contribution >= 4 is 23.7 Å². The molecule has 5 unspecified atom stereocenters. The highest BCUT2D eigenvalue weighted by atomic mass is 16.4. The molecule has 0 radical (unpaired) electrons. The molecule has 2 aromatic carbocycles. The number of amides is 3. The van der Waals surface area contributed by atoms with Crippen LogP contribution in [0.3, 0.4) is 0 Å². The second-order valence-corrected chi connectivity index (χ2v) is 9.70. The van der Waals surface area contributed by atoms with Crippen molar-refractivity contribution in [1.29, 1.82) is 0 Å². The molecule has 0 fully saturated rings. The number of phenolic OH excluding ortho intramolecular Hbond substituents is 2. The maximum Gasteiger partial charge on any atom is 0.326 e. The minimum Gasteiger partial charge on any atom is -0.508 e. The molecule has 0 aliphatic rings. The van der Waals surface area contributed by atoms with E-state index in [9.17, 15) is 39.6 Å². The first kappa shape index (κ1) is 31.1. The number of aliphatic hydroxyl groups excluding tert-OH is 1. The molecule has 0 bridgehead atoms. The smallest absolute Gasteiger partial charge is 0.326 e. The molecule has 212 valence electrons. The molecule has 0 heterocycles. The summed E-state index contributed by atoms with van der Waals surface area (Å²) in [5.74, 6) is -4.02. The Hall–Kier alpha value is -4.16. The lowest BCUT2D eigenvalue weighted by molar-refractivity contribution is -0.142. The number of carbonyl (C=O) groups excluding carboxylic acids is 3. The number of phenols is 2. The zero-order valence-electron chi connectivity index (χ0n) is 22.0. The van der Waals surface area contributed by atoms with Gasteiger partial charge in [-0.2, -0.15) is 0 Å². The van der Waals surface area contributed by atoms with E-state index in [0.29, 0.717) is 11.1 Å². The standard InChI is InChI=1S/C27H36N4O8/c1-14(2)22(25(36)29-21(27(38)39)13-17-6-10-19(34)11-7-17)30-26(37)23(15(3)32)31-24(35)20(28)12-16-4-8-18(33)9-5-16/h4-11,14-15,20-23,32-34H,12-13,28H2,1-3H3,(H,29,36)(H,30,37)(H,31,35)(H,38,39). The monoisotopic (exact) mass is 544 g/mol. The van der Waals surface area contributed by atoms with Gasteiger partial charge in [-0.1, -0.05) is 38.1 Å². The van der Waals surface area contributed by atoms with E-state index in [4.69, 9.17) is 5.73 Å². The number of carboxylic acids is 1. The first-order chi connectivity index (χ1) is 18.3. The number of aliphatic carboxylic acids is 1. The van der Waals surface area contributed by atoms with Gasteiger partial charge in [-0.3, -0.25) is 14.4 Å². The Labute approximate surface area is 226 Å².